The van der Waals surface area contributed by atoms with E-state index in [4.69, 9.17) is 9.47 Å². The van der Waals surface area contributed by atoms with Gasteiger partial charge < -0.3 is 14.8 Å². The van der Waals surface area contributed by atoms with Crippen LogP contribution in [-0.2, 0) is 9.47 Å². The molecule has 0 spiro atoms. The fourth-order valence-electron chi connectivity index (χ4n) is 2.61. The summed E-state index contributed by atoms with van der Waals surface area (Å²) in [4.78, 5) is 2.54. The van der Waals surface area contributed by atoms with Gasteiger partial charge in [-0.3, -0.25) is 4.90 Å². The van der Waals surface area contributed by atoms with Gasteiger partial charge in [-0.15, -0.1) is 0 Å². The minimum Gasteiger partial charge on any atom is -0.378 e. The molecule has 2 atom stereocenters. The smallest absolute Gasteiger partial charge is 0.0703 e. The van der Waals surface area contributed by atoms with Crippen LogP contribution >= 0.6 is 0 Å². The molecule has 2 fully saturated rings. The van der Waals surface area contributed by atoms with E-state index in [1.165, 1.54) is 19.3 Å². The molecule has 0 aromatic heterocycles. The summed E-state index contributed by atoms with van der Waals surface area (Å²) >= 11 is 0. The zero-order valence-electron chi connectivity index (χ0n) is 11.0. The molecular formula is C13H26N2O2. The molecule has 2 aliphatic rings. The zero-order chi connectivity index (χ0) is 11.9. The molecule has 0 saturated carbocycles. The summed E-state index contributed by atoms with van der Waals surface area (Å²) in [5.41, 5.74) is 0. The van der Waals surface area contributed by atoms with Crippen LogP contribution in [0.5, 0.6) is 0 Å². The van der Waals surface area contributed by atoms with Gasteiger partial charge >= 0.3 is 0 Å². The lowest BCUT2D eigenvalue weighted by Gasteiger charge is -2.37. The predicted octanol–water partition coefficient (Wildman–Crippen LogP) is 0.866. The van der Waals surface area contributed by atoms with Gasteiger partial charge in [0, 0.05) is 32.3 Å². The fraction of sp³-hybridized carbons (Fsp3) is 1.00. The van der Waals surface area contributed by atoms with Crippen molar-refractivity contribution < 1.29 is 9.47 Å². The molecule has 2 unspecified atom stereocenters. The van der Waals surface area contributed by atoms with Crippen LogP contribution in [0, 0.1) is 0 Å². The summed E-state index contributed by atoms with van der Waals surface area (Å²) in [5.74, 6) is 0. The van der Waals surface area contributed by atoms with Crippen LogP contribution < -0.4 is 5.32 Å². The molecule has 4 heteroatoms. The van der Waals surface area contributed by atoms with Crippen LogP contribution in [0.2, 0.25) is 0 Å². The molecule has 0 bridgehead atoms. The summed E-state index contributed by atoms with van der Waals surface area (Å²) in [7, 11) is 0. The van der Waals surface area contributed by atoms with E-state index in [1.807, 2.05) is 0 Å². The first-order chi connectivity index (χ1) is 8.40. The average molecular weight is 242 g/mol. The second-order valence-electron chi connectivity index (χ2n) is 5.06. The highest BCUT2D eigenvalue weighted by Gasteiger charge is 2.26. The molecule has 0 aromatic carbocycles. The van der Waals surface area contributed by atoms with Gasteiger partial charge in [0.15, 0.2) is 0 Å². The van der Waals surface area contributed by atoms with E-state index in [0.29, 0.717) is 12.1 Å². The second kappa shape index (κ2) is 7.31. The molecular weight excluding hydrogens is 216 g/mol. The van der Waals surface area contributed by atoms with Crippen LogP contribution in [0.25, 0.3) is 0 Å². The Kier molecular flexibility index (Phi) is 5.71. The van der Waals surface area contributed by atoms with Gasteiger partial charge in [-0.25, -0.2) is 0 Å². The van der Waals surface area contributed by atoms with Crippen LogP contribution in [0.15, 0.2) is 0 Å². The van der Waals surface area contributed by atoms with Crippen LogP contribution in [-0.4, -0.2) is 63.0 Å². The molecule has 2 aliphatic heterocycles. The van der Waals surface area contributed by atoms with Crippen molar-refractivity contribution in [2.45, 2.75) is 38.3 Å². The largest absolute Gasteiger partial charge is 0.378 e. The summed E-state index contributed by atoms with van der Waals surface area (Å²) < 4.78 is 11.3. The summed E-state index contributed by atoms with van der Waals surface area (Å²) in [6, 6.07) is 0.527. The Hall–Kier alpha value is -0.160. The number of morpholine rings is 1. The third-order valence-corrected chi connectivity index (χ3v) is 3.62. The van der Waals surface area contributed by atoms with E-state index < -0.39 is 0 Å². The molecule has 100 valence electrons. The minimum absolute atomic E-state index is 0.460. The number of ether oxygens (including phenoxy) is 2. The van der Waals surface area contributed by atoms with Crippen LogP contribution in [0.3, 0.4) is 0 Å². The second-order valence-corrected chi connectivity index (χ2v) is 5.06. The standard InChI is InChI=1S/C13H26N2O2/c1-2-5-14-9-12-11-16-8-6-15(12)10-13-4-3-7-17-13/h12-14H,2-11H2,1H3. The summed E-state index contributed by atoms with van der Waals surface area (Å²) in [6.45, 7) is 9.17. The van der Waals surface area contributed by atoms with E-state index in [0.717, 1.165) is 46.0 Å². The van der Waals surface area contributed by atoms with Crippen LogP contribution in [0.4, 0.5) is 0 Å². The Labute approximate surface area is 105 Å². The lowest BCUT2D eigenvalue weighted by Crippen LogP contribution is -2.52. The van der Waals surface area contributed by atoms with E-state index in [9.17, 15) is 0 Å². The first kappa shape index (κ1) is 13.3. The average Bonchev–Trinajstić information content (AvgIpc) is 2.84. The SMILES string of the molecule is CCCNCC1COCCN1CC1CCCO1. The molecule has 2 saturated heterocycles. The number of hydrogen-bond donors (Lipinski definition) is 1. The number of hydrogen-bond acceptors (Lipinski definition) is 4. The molecule has 0 amide bonds. The maximum absolute atomic E-state index is 5.73. The Morgan fingerprint density at radius 1 is 1.35 bits per heavy atom. The van der Waals surface area contributed by atoms with Crippen molar-refractivity contribution in [3.63, 3.8) is 0 Å². The van der Waals surface area contributed by atoms with Gasteiger partial charge in [0.05, 0.1) is 19.3 Å². The molecule has 1 N–H and O–H groups in total. The predicted molar refractivity (Wildman–Crippen MR) is 68.3 cm³/mol. The summed E-state index contributed by atoms with van der Waals surface area (Å²) in [6.07, 6.45) is 4.11. The molecule has 4 nitrogen and oxygen atoms in total. The van der Waals surface area contributed by atoms with Crippen molar-refractivity contribution in [2.24, 2.45) is 0 Å². The van der Waals surface area contributed by atoms with Gasteiger partial charge in [0.1, 0.15) is 0 Å². The normalized spacial score (nSPS) is 30.9. The van der Waals surface area contributed by atoms with Gasteiger partial charge in [0.25, 0.3) is 0 Å². The Balaban J connectivity index is 1.74. The van der Waals surface area contributed by atoms with Crippen molar-refractivity contribution in [1.29, 1.82) is 0 Å². The van der Waals surface area contributed by atoms with E-state index in [2.05, 4.69) is 17.1 Å². The van der Waals surface area contributed by atoms with Crippen molar-refractivity contribution in [3.05, 3.63) is 0 Å². The lowest BCUT2D eigenvalue weighted by atomic mass is 10.1. The third kappa shape index (κ3) is 4.21. The third-order valence-electron chi connectivity index (χ3n) is 3.62. The Morgan fingerprint density at radius 2 is 2.29 bits per heavy atom. The van der Waals surface area contributed by atoms with Crippen LogP contribution in [0.1, 0.15) is 26.2 Å². The molecule has 2 heterocycles. The van der Waals surface area contributed by atoms with Crippen molar-refractivity contribution >= 4 is 0 Å². The Bertz CT molecular complexity index is 208. The maximum Gasteiger partial charge on any atom is 0.0703 e. The maximum atomic E-state index is 5.73. The van der Waals surface area contributed by atoms with Gasteiger partial charge in [-0.2, -0.15) is 0 Å². The highest BCUT2D eigenvalue weighted by atomic mass is 16.5. The molecule has 0 radical (unpaired) electrons. The number of rotatable bonds is 6. The number of nitrogens with zero attached hydrogens (tertiary/aromatic N) is 1. The van der Waals surface area contributed by atoms with Gasteiger partial charge in [0.2, 0.25) is 0 Å². The van der Waals surface area contributed by atoms with Gasteiger partial charge in [-0.1, -0.05) is 6.92 Å². The lowest BCUT2D eigenvalue weighted by molar-refractivity contribution is -0.0297. The topological polar surface area (TPSA) is 33.7 Å². The first-order valence-corrected chi connectivity index (χ1v) is 7.04. The highest BCUT2D eigenvalue weighted by molar-refractivity contribution is 4.81. The van der Waals surface area contributed by atoms with Crippen molar-refractivity contribution in [1.82, 2.24) is 10.2 Å². The van der Waals surface area contributed by atoms with Crippen molar-refractivity contribution in [3.8, 4) is 0 Å². The quantitative estimate of drug-likeness (QED) is 0.701. The first-order valence-electron chi connectivity index (χ1n) is 7.04. The van der Waals surface area contributed by atoms with Crippen molar-refractivity contribution in [2.75, 3.05) is 46.0 Å². The molecule has 17 heavy (non-hydrogen) atoms. The van der Waals surface area contributed by atoms with E-state index >= 15 is 0 Å². The monoisotopic (exact) mass is 242 g/mol. The van der Waals surface area contributed by atoms with E-state index in [1.54, 1.807) is 0 Å². The number of nitrogens with one attached hydrogen (secondary N) is 1. The molecule has 2 rings (SSSR count). The van der Waals surface area contributed by atoms with Gasteiger partial charge in [-0.05, 0) is 25.8 Å². The Morgan fingerprint density at radius 3 is 3.06 bits per heavy atom. The molecule has 0 aromatic rings. The summed E-state index contributed by atoms with van der Waals surface area (Å²) in [5, 5.41) is 3.50. The highest BCUT2D eigenvalue weighted by Crippen LogP contribution is 2.16. The molecule has 0 aliphatic carbocycles. The van der Waals surface area contributed by atoms with E-state index in [-0.39, 0.29) is 0 Å². The minimum atomic E-state index is 0.460. The fourth-order valence-corrected chi connectivity index (χ4v) is 2.61. The zero-order valence-corrected chi connectivity index (χ0v) is 11.0.